The number of nitrogens with one attached hydrogen (secondary N) is 3. The first-order chi connectivity index (χ1) is 17.8. The van der Waals surface area contributed by atoms with Gasteiger partial charge in [0, 0.05) is 34.9 Å². The molecule has 0 atom stereocenters. The molecule has 5 aromatic rings. The molecular weight excluding hydrogens is 538 g/mol. The number of hydrogen-bond acceptors (Lipinski definition) is 5. The first-order valence-electron chi connectivity index (χ1n) is 11.4. The second-order valence-electron chi connectivity index (χ2n) is 8.47. The lowest BCUT2D eigenvalue weighted by Crippen LogP contribution is -2.23. The number of aromatic nitrogens is 1. The topological polar surface area (TPSA) is 170 Å². The van der Waals surface area contributed by atoms with E-state index in [1.807, 2.05) is 30.3 Å². The van der Waals surface area contributed by atoms with Crippen molar-refractivity contribution in [1.29, 1.82) is 5.41 Å². The van der Waals surface area contributed by atoms with Crippen molar-refractivity contribution < 1.29 is 18.7 Å². The number of amides is 1. The van der Waals surface area contributed by atoms with E-state index in [1.165, 1.54) is 6.07 Å². The Balaban J connectivity index is 0.00000210. The van der Waals surface area contributed by atoms with E-state index in [0.29, 0.717) is 34.3 Å². The Kier molecular flexibility index (Phi) is 8.87. The van der Waals surface area contributed by atoms with Crippen LogP contribution in [0.1, 0.15) is 21.5 Å². The molecule has 1 amide bonds. The molecule has 9 nitrogen and oxygen atoms in total. The fourth-order valence-corrected chi connectivity index (χ4v) is 5.36. The van der Waals surface area contributed by atoms with Gasteiger partial charge in [-0.25, -0.2) is 8.42 Å². The van der Waals surface area contributed by atoms with E-state index in [1.54, 1.807) is 60.8 Å². The van der Waals surface area contributed by atoms with Gasteiger partial charge >= 0.3 is 0 Å². The Morgan fingerprint density at radius 3 is 2.33 bits per heavy atom. The molecule has 1 heterocycles. The van der Waals surface area contributed by atoms with Crippen molar-refractivity contribution in [2.45, 2.75) is 11.4 Å². The molecule has 5 rings (SSSR count). The number of halogens is 1. The number of nitrogens with zero attached hydrogens (tertiary/aromatic N) is 1. The summed E-state index contributed by atoms with van der Waals surface area (Å²) >= 11 is 0. The van der Waals surface area contributed by atoms with Gasteiger partial charge in [0.15, 0.2) is 0 Å². The zero-order chi connectivity index (χ0) is 26.0. The van der Waals surface area contributed by atoms with Gasteiger partial charge in [0.05, 0.1) is 5.52 Å². The average Bonchev–Trinajstić information content (AvgIpc) is 2.91. The number of benzene rings is 4. The summed E-state index contributed by atoms with van der Waals surface area (Å²) < 4.78 is 29.0. The summed E-state index contributed by atoms with van der Waals surface area (Å²) in [5, 5.41) is 12.5. The number of carbonyl (C=O) groups excluding carboxylic acids is 1. The van der Waals surface area contributed by atoms with Gasteiger partial charge < -0.3 is 16.5 Å². The summed E-state index contributed by atoms with van der Waals surface area (Å²) in [6, 6.07) is 26.0. The minimum Gasteiger partial charge on any atom is -0.412 e. The van der Waals surface area contributed by atoms with Crippen molar-refractivity contribution in [2.24, 2.45) is 5.73 Å². The molecule has 200 valence electrons. The lowest BCUT2D eigenvalue weighted by Gasteiger charge is -2.12. The molecule has 0 saturated heterocycles. The first kappa shape index (κ1) is 29.1. The summed E-state index contributed by atoms with van der Waals surface area (Å²) in [5.74, 6) is -0.266. The molecule has 11 heteroatoms. The number of fused-ring (bicyclic) bond motifs is 2. The van der Waals surface area contributed by atoms with Crippen LogP contribution < -0.4 is 15.8 Å². The second-order valence-corrected chi connectivity index (χ2v) is 10.1. The molecule has 0 bridgehead atoms. The summed E-state index contributed by atoms with van der Waals surface area (Å²) in [7, 11) is -3.90. The number of amidine groups is 1. The highest BCUT2D eigenvalue weighted by Gasteiger charge is 2.19. The molecule has 39 heavy (non-hydrogen) atoms. The zero-order valence-corrected chi connectivity index (χ0v) is 22.1. The van der Waals surface area contributed by atoms with E-state index in [-0.39, 0.29) is 34.5 Å². The SMILES string of the molecule is Cl.N=C(N)c1ccc(CNC(=O)c2cccc3cc(NS(=O)(=O)c4cccc5cccnc45)ccc23)cc1.O. The average molecular weight is 564 g/mol. The third kappa shape index (κ3) is 6.15. The Labute approximate surface area is 231 Å². The molecular formula is C28H26ClN5O4S. The third-order valence-corrected chi connectivity index (χ3v) is 7.39. The molecule has 1 aromatic heterocycles. The highest BCUT2D eigenvalue weighted by Crippen LogP contribution is 2.27. The van der Waals surface area contributed by atoms with Gasteiger partial charge in [0.25, 0.3) is 15.9 Å². The summed E-state index contributed by atoms with van der Waals surface area (Å²) in [6.07, 6.45) is 1.56. The van der Waals surface area contributed by atoms with Crippen LogP contribution in [0, 0.1) is 5.41 Å². The largest absolute Gasteiger partial charge is 0.412 e. The highest BCUT2D eigenvalue weighted by molar-refractivity contribution is 7.93. The minimum atomic E-state index is -3.90. The molecule has 4 aromatic carbocycles. The van der Waals surface area contributed by atoms with Crippen LogP contribution in [0.15, 0.2) is 102 Å². The van der Waals surface area contributed by atoms with Crippen LogP contribution in [0.2, 0.25) is 0 Å². The van der Waals surface area contributed by atoms with Crippen molar-refractivity contribution in [3.05, 3.63) is 114 Å². The van der Waals surface area contributed by atoms with Crippen LogP contribution in [0.25, 0.3) is 21.7 Å². The molecule has 0 aliphatic heterocycles. The number of para-hydroxylation sites is 1. The maximum absolute atomic E-state index is 13.2. The van der Waals surface area contributed by atoms with Crippen molar-refractivity contribution in [1.82, 2.24) is 10.3 Å². The van der Waals surface area contributed by atoms with E-state index in [0.717, 1.165) is 16.3 Å². The number of hydrogen-bond donors (Lipinski definition) is 4. The molecule has 7 N–H and O–H groups in total. The molecule has 0 unspecified atom stereocenters. The van der Waals surface area contributed by atoms with Crippen LogP contribution in [0.3, 0.4) is 0 Å². The lowest BCUT2D eigenvalue weighted by atomic mass is 10.0. The Hall–Kier alpha value is -4.51. The Morgan fingerprint density at radius 1 is 0.897 bits per heavy atom. The van der Waals surface area contributed by atoms with Gasteiger partial charge in [-0.2, -0.15) is 0 Å². The summed E-state index contributed by atoms with van der Waals surface area (Å²) in [4.78, 5) is 17.3. The number of pyridine rings is 1. The van der Waals surface area contributed by atoms with E-state index in [4.69, 9.17) is 11.1 Å². The van der Waals surface area contributed by atoms with Crippen LogP contribution in [-0.2, 0) is 16.6 Å². The van der Waals surface area contributed by atoms with Gasteiger partial charge in [0.2, 0.25) is 0 Å². The van der Waals surface area contributed by atoms with Gasteiger partial charge in [-0.1, -0.05) is 60.7 Å². The molecule has 0 saturated carbocycles. The number of nitrogen functional groups attached to an aromatic ring is 1. The number of nitrogens with two attached hydrogens (primary N) is 1. The first-order valence-corrected chi connectivity index (χ1v) is 12.9. The van der Waals surface area contributed by atoms with Crippen LogP contribution in [-0.4, -0.2) is 30.6 Å². The van der Waals surface area contributed by atoms with Gasteiger partial charge in [-0.15, -0.1) is 12.4 Å². The van der Waals surface area contributed by atoms with Gasteiger partial charge in [0.1, 0.15) is 10.7 Å². The monoisotopic (exact) mass is 563 g/mol. The smallest absolute Gasteiger partial charge is 0.264 e. The second kappa shape index (κ2) is 11.9. The van der Waals surface area contributed by atoms with Gasteiger partial charge in [-0.3, -0.25) is 19.9 Å². The lowest BCUT2D eigenvalue weighted by molar-refractivity contribution is 0.0952. The fourth-order valence-electron chi connectivity index (χ4n) is 4.13. The zero-order valence-electron chi connectivity index (χ0n) is 20.5. The van der Waals surface area contributed by atoms with Crippen molar-refractivity contribution in [2.75, 3.05) is 4.72 Å². The number of carbonyl (C=O) groups is 1. The van der Waals surface area contributed by atoms with E-state index in [2.05, 4.69) is 15.0 Å². The Bertz CT molecular complexity index is 1770. The van der Waals surface area contributed by atoms with Crippen molar-refractivity contribution >= 4 is 61.5 Å². The van der Waals surface area contributed by atoms with Crippen molar-refractivity contribution in [3.8, 4) is 0 Å². The molecule has 0 aliphatic rings. The number of rotatable bonds is 7. The maximum Gasteiger partial charge on any atom is 0.264 e. The van der Waals surface area contributed by atoms with Crippen LogP contribution in [0.4, 0.5) is 5.69 Å². The van der Waals surface area contributed by atoms with Crippen molar-refractivity contribution in [3.63, 3.8) is 0 Å². The van der Waals surface area contributed by atoms with E-state index >= 15 is 0 Å². The maximum atomic E-state index is 13.2. The third-order valence-electron chi connectivity index (χ3n) is 5.98. The molecule has 0 spiro atoms. The predicted molar refractivity (Wildman–Crippen MR) is 156 cm³/mol. The van der Waals surface area contributed by atoms with E-state index < -0.39 is 10.0 Å². The molecule has 0 aliphatic carbocycles. The molecule has 0 radical (unpaired) electrons. The Morgan fingerprint density at radius 2 is 1.59 bits per heavy atom. The normalized spacial score (nSPS) is 10.8. The quantitative estimate of drug-likeness (QED) is 0.173. The summed E-state index contributed by atoms with van der Waals surface area (Å²) in [6.45, 7) is 0.310. The number of sulfonamides is 1. The molecule has 0 fully saturated rings. The van der Waals surface area contributed by atoms with Gasteiger partial charge in [-0.05, 0) is 46.7 Å². The minimum absolute atomic E-state index is 0. The highest BCUT2D eigenvalue weighted by atomic mass is 35.5. The fraction of sp³-hybridized carbons (Fsp3) is 0.0357. The predicted octanol–water partition coefficient (Wildman–Crippen LogP) is 4.00. The van der Waals surface area contributed by atoms with E-state index in [9.17, 15) is 13.2 Å². The van der Waals surface area contributed by atoms with Crippen LogP contribution in [0.5, 0.6) is 0 Å². The standard InChI is InChI=1S/C28H23N5O3S.ClH.H2O/c29-27(30)20-11-9-18(10-12-20)17-32-28(34)24-7-1-5-21-16-22(13-14-23(21)24)33-37(35,36)25-8-2-4-19-6-3-15-31-26(19)25;;/h1-16,33H,17H2,(H3,29,30)(H,32,34);1H;1H2. The van der Waals surface area contributed by atoms with Crippen LogP contribution >= 0.6 is 12.4 Å². The number of anilines is 1. The summed E-state index contributed by atoms with van der Waals surface area (Å²) in [5.41, 5.74) is 8.23.